The number of benzene rings is 2. The summed E-state index contributed by atoms with van der Waals surface area (Å²) in [4.78, 5) is 11.0. The molecule has 0 aromatic heterocycles. The molecule has 2 aromatic rings. The van der Waals surface area contributed by atoms with Gasteiger partial charge in [-0.05, 0) is 43.3 Å². The molecule has 8 heteroatoms. The lowest BCUT2D eigenvalue weighted by Gasteiger charge is -2.09. The smallest absolute Gasteiger partial charge is 0.339 e. The second kappa shape index (κ2) is 7.47. The van der Waals surface area contributed by atoms with Crippen LogP contribution in [0.2, 0.25) is 0 Å². The van der Waals surface area contributed by atoms with Crippen LogP contribution in [-0.4, -0.2) is 16.2 Å². The molecule has 0 aliphatic rings. The first kappa shape index (κ1) is 17.3. The van der Waals surface area contributed by atoms with Gasteiger partial charge in [-0.25, -0.2) is 9.18 Å². The third kappa shape index (κ3) is 4.23. The molecule has 0 saturated heterocycles. The fraction of sp³-hybridized carbons (Fsp3) is 0.133. The van der Waals surface area contributed by atoms with Crippen molar-refractivity contribution < 1.29 is 19.4 Å². The van der Waals surface area contributed by atoms with E-state index in [1.807, 2.05) is 6.92 Å². The molecule has 2 rings (SSSR count). The highest BCUT2D eigenvalue weighted by atomic mass is 33.1. The van der Waals surface area contributed by atoms with Gasteiger partial charge in [-0.1, -0.05) is 10.8 Å². The maximum atomic E-state index is 13.7. The van der Waals surface area contributed by atoms with E-state index in [0.29, 0.717) is 11.3 Å². The van der Waals surface area contributed by atoms with Crippen molar-refractivity contribution >= 4 is 39.8 Å². The zero-order chi connectivity index (χ0) is 17.0. The predicted molar refractivity (Wildman–Crippen MR) is 90.6 cm³/mol. The summed E-state index contributed by atoms with van der Waals surface area (Å²) < 4.78 is 13.7. The Balaban J connectivity index is 2.30. The Morgan fingerprint density at radius 3 is 2.43 bits per heavy atom. The van der Waals surface area contributed by atoms with Crippen LogP contribution in [0.5, 0.6) is 5.75 Å². The molecule has 0 saturated carbocycles. The molecule has 1 unspecified atom stereocenters. The number of aromatic hydroxyl groups is 1. The maximum Gasteiger partial charge on any atom is 0.339 e. The molecule has 0 aliphatic carbocycles. The monoisotopic (exact) mass is 352 g/mol. The lowest BCUT2D eigenvalue weighted by atomic mass is 10.1. The Morgan fingerprint density at radius 2 is 1.83 bits per heavy atom. The topological polar surface area (TPSA) is 82.2 Å². The first-order valence-corrected chi connectivity index (χ1v) is 8.43. The number of thiol groups is 1. The van der Waals surface area contributed by atoms with E-state index in [-0.39, 0.29) is 28.1 Å². The van der Waals surface area contributed by atoms with E-state index in [9.17, 15) is 14.3 Å². The van der Waals surface area contributed by atoms with Crippen molar-refractivity contribution in [2.75, 3.05) is 0 Å². The highest BCUT2D eigenvalue weighted by Gasteiger charge is 2.12. The molecule has 0 spiro atoms. The number of phenols is 1. The average molecular weight is 352 g/mol. The molecule has 0 heterocycles. The molecular weight excluding hydrogens is 339 g/mol. The van der Waals surface area contributed by atoms with Crippen LogP contribution in [0, 0.1) is 5.82 Å². The molecule has 0 bridgehead atoms. The van der Waals surface area contributed by atoms with Crippen molar-refractivity contribution in [3.63, 3.8) is 0 Å². The largest absolute Gasteiger partial charge is 0.507 e. The van der Waals surface area contributed by atoms with E-state index >= 15 is 0 Å². The normalized spacial score (nSPS) is 12.5. The van der Waals surface area contributed by atoms with Gasteiger partial charge in [0, 0.05) is 10.8 Å². The third-order valence-electron chi connectivity index (χ3n) is 3.07. The molecule has 0 radical (unpaired) electrons. The van der Waals surface area contributed by atoms with Crippen LogP contribution in [0.25, 0.3) is 0 Å². The summed E-state index contributed by atoms with van der Waals surface area (Å²) in [5.74, 6) is -1.96. The minimum Gasteiger partial charge on any atom is -0.507 e. The highest BCUT2D eigenvalue weighted by molar-refractivity contribution is 8.68. The molecule has 0 aliphatic heterocycles. The fourth-order valence-corrected chi connectivity index (χ4v) is 2.47. The van der Waals surface area contributed by atoms with Crippen molar-refractivity contribution in [3.8, 4) is 5.75 Å². The minimum absolute atomic E-state index is 0.152. The number of carboxylic acid groups (broad SMARTS) is 1. The van der Waals surface area contributed by atoms with Gasteiger partial charge in [-0.3, -0.25) is 0 Å². The number of carbonyl (C=O) groups is 1. The zero-order valence-corrected chi connectivity index (χ0v) is 13.7. The summed E-state index contributed by atoms with van der Waals surface area (Å²) in [6, 6.07) is 8.19. The van der Waals surface area contributed by atoms with Crippen molar-refractivity contribution in [2.45, 2.75) is 12.2 Å². The van der Waals surface area contributed by atoms with Gasteiger partial charge in [-0.2, -0.15) is 10.2 Å². The van der Waals surface area contributed by atoms with Crippen LogP contribution < -0.4 is 0 Å². The van der Waals surface area contributed by atoms with Gasteiger partial charge >= 0.3 is 5.97 Å². The number of carboxylic acids is 1. The molecule has 120 valence electrons. The maximum absolute atomic E-state index is 13.7. The van der Waals surface area contributed by atoms with E-state index in [1.54, 1.807) is 6.07 Å². The number of rotatable bonds is 5. The van der Waals surface area contributed by atoms with Crippen LogP contribution in [0.4, 0.5) is 15.8 Å². The Kier molecular flexibility index (Phi) is 5.62. The molecule has 2 N–H and O–H groups in total. The summed E-state index contributed by atoms with van der Waals surface area (Å²) in [5, 5.41) is 26.1. The van der Waals surface area contributed by atoms with Crippen LogP contribution in [0.3, 0.4) is 0 Å². The fourth-order valence-electron chi connectivity index (χ4n) is 1.83. The van der Waals surface area contributed by atoms with Gasteiger partial charge in [0.15, 0.2) is 0 Å². The highest BCUT2D eigenvalue weighted by Crippen LogP contribution is 2.34. The van der Waals surface area contributed by atoms with Gasteiger partial charge in [0.1, 0.15) is 17.1 Å². The van der Waals surface area contributed by atoms with Crippen LogP contribution in [-0.2, 0) is 0 Å². The summed E-state index contributed by atoms with van der Waals surface area (Å²) in [5.41, 5.74) is 0.892. The van der Waals surface area contributed by atoms with E-state index in [4.69, 9.17) is 5.11 Å². The first-order chi connectivity index (χ1) is 10.9. The molecule has 23 heavy (non-hydrogen) atoms. The molecular formula is C15H13FN2O3S2. The van der Waals surface area contributed by atoms with Gasteiger partial charge in [0.05, 0.1) is 11.4 Å². The van der Waals surface area contributed by atoms with Crippen LogP contribution >= 0.6 is 22.5 Å². The molecule has 5 nitrogen and oxygen atoms in total. The van der Waals surface area contributed by atoms with Gasteiger partial charge in [-0.15, -0.1) is 11.7 Å². The number of hydrogen-bond donors (Lipinski definition) is 3. The number of hydrogen-bond acceptors (Lipinski definition) is 6. The van der Waals surface area contributed by atoms with Crippen molar-refractivity contribution in [1.29, 1.82) is 0 Å². The lowest BCUT2D eigenvalue weighted by molar-refractivity contribution is 0.0694. The standard InChI is InChI=1S/C15H13FN2O3S2/c1-8(23-22)11-6-9(2-4-13(11)16)17-18-10-3-5-14(19)12(7-10)15(20)21/h2-8,19,22H,1H3,(H,20,21). The Labute approximate surface area is 141 Å². The van der Waals surface area contributed by atoms with Gasteiger partial charge in [0.25, 0.3) is 0 Å². The van der Waals surface area contributed by atoms with E-state index in [2.05, 4.69) is 21.9 Å². The minimum atomic E-state index is -1.26. The lowest BCUT2D eigenvalue weighted by Crippen LogP contribution is -1.95. The summed E-state index contributed by atoms with van der Waals surface area (Å²) >= 11 is 4.07. The van der Waals surface area contributed by atoms with Crippen LogP contribution in [0.1, 0.15) is 28.1 Å². The van der Waals surface area contributed by atoms with Crippen molar-refractivity contribution in [2.24, 2.45) is 10.2 Å². The number of halogens is 1. The SMILES string of the molecule is CC(SS)c1cc(N=Nc2ccc(O)c(C(=O)O)c2)ccc1F. The summed E-state index contributed by atoms with van der Waals surface area (Å²) in [7, 11) is 1.21. The molecule has 1 atom stereocenters. The van der Waals surface area contributed by atoms with Gasteiger partial charge < -0.3 is 10.2 Å². The van der Waals surface area contributed by atoms with Crippen molar-refractivity contribution in [3.05, 3.63) is 53.3 Å². The number of azo groups is 1. The Bertz CT molecular complexity index is 768. The number of aromatic carboxylic acids is 1. The molecule has 0 fully saturated rings. The van der Waals surface area contributed by atoms with Gasteiger partial charge in [0.2, 0.25) is 0 Å². The second-order valence-electron chi connectivity index (χ2n) is 4.66. The Hall–Kier alpha value is -2.06. The first-order valence-electron chi connectivity index (χ1n) is 6.50. The second-order valence-corrected chi connectivity index (χ2v) is 6.21. The Morgan fingerprint density at radius 1 is 1.22 bits per heavy atom. The van der Waals surface area contributed by atoms with E-state index in [1.165, 1.54) is 41.1 Å². The number of nitrogens with zero attached hydrogens (tertiary/aromatic N) is 2. The molecule has 2 aromatic carbocycles. The molecule has 0 amide bonds. The van der Waals surface area contributed by atoms with E-state index in [0.717, 1.165) is 0 Å². The van der Waals surface area contributed by atoms with Crippen LogP contribution in [0.15, 0.2) is 46.6 Å². The zero-order valence-electron chi connectivity index (χ0n) is 12.0. The summed E-state index contributed by atoms with van der Waals surface area (Å²) in [6.45, 7) is 1.82. The quantitative estimate of drug-likeness (QED) is 0.388. The van der Waals surface area contributed by atoms with E-state index < -0.39 is 5.97 Å². The van der Waals surface area contributed by atoms with Crippen molar-refractivity contribution in [1.82, 2.24) is 0 Å². The predicted octanol–water partition coefficient (Wildman–Crippen LogP) is 5.28. The summed E-state index contributed by atoms with van der Waals surface area (Å²) in [6.07, 6.45) is 0. The average Bonchev–Trinajstić information content (AvgIpc) is 2.54. The third-order valence-corrected chi connectivity index (χ3v) is 4.59.